The van der Waals surface area contributed by atoms with Gasteiger partial charge in [0.25, 0.3) is 0 Å². The fraction of sp³-hybridized carbons (Fsp3) is 0.176. The van der Waals surface area contributed by atoms with Crippen LogP contribution in [0.5, 0.6) is 0 Å². The molecule has 8 heteroatoms. The van der Waals surface area contributed by atoms with E-state index in [1.165, 1.54) is 6.33 Å². The zero-order chi connectivity index (χ0) is 17.2. The minimum absolute atomic E-state index is 0.528. The average Bonchev–Trinajstić information content (AvgIpc) is 3.07. The molecule has 0 atom stereocenters. The molecule has 4 aromatic heterocycles. The summed E-state index contributed by atoms with van der Waals surface area (Å²) in [6.07, 6.45) is 5.16. The molecule has 0 saturated carbocycles. The number of fused-ring (bicyclic) bond motifs is 1. The van der Waals surface area contributed by atoms with E-state index in [0.29, 0.717) is 12.2 Å². The number of aromatic nitrogens is 6. The van der Waals surface area contributed by atoms with Crippen molar-refractivity contribution in [2.45, 2.75) is 20.4 Å². The molecule has 0 radical (unpaired) electrons. The van der Waals surface area contributed by atoms with Gasteiger partial charge >= 0.3 is 0 Å². The van der Waals surface area contributed by atoms with E-state index in [9.17, 15) is 0 Å². The standard InChI is InChI=1S/C17H15N7S/c1-10-3-4-13(24-23-10)8-19-16-14-5-12(17-20-6-11(2)25-17)7-18-15(14)21-9-22-16/h3-7,9H,8H2,1-2H3,(H,18,19,21,22). The van der Waals surface area contributed by atoms with Gasteiger partial charge in [-0.3, -0.25) is 0 Å². The van der Waals surface area contributed by atoms with Gasteiger partial charge in [-0.05, 0) is 32.0 Å². The maximum atomic E-state index is 4.44. The predicted octanol–water partition coefficient (Wildman–Crippen LogP) is 3.17. The number of thiazole rings is 1. The van der Waals surface area contributed by atoms with Gasteiger partial charge in [-0.25, -0.2) is 19.9 Å². The molecule has 7 nitrogen and oxygen atoms in total. The third-order valence-electron chi connectivity index (χ3n) is 3.65. The Morgan fingerprint density at radius 1 is 1.00 bits per heavy atom. The second kappa shape index (κ2) is 6.48. The Morgan fingerprint density at radius 3 is 2.68 bits per heavy atom. The number of rotatable bonds is 4. The monoisotopic (exact) mass is 349 g/mol. The maximum absolute atomic E-state index is 4.44. The topological polar surface area (TPSA) is 89.4 Å². The Morgan fingerprint density at radius 2 is 1.92 bits per heavy atom. The van der Waals surface area contributed by atoms with Gasteiger partial charge in [-0.15, -0.1) is 11.3 Å². The highest BCUT2D eigenvalue weighted by atomic mass is 32.1. The van der Waals surface area contributed by atoms with Crippen LogP contribution in [-0.4, -0.2) is 30.1 Å². The van der Waals surface area contributed by atoms with Gasteiger partial charge in [0.1, 0.15) is 17.2 Å². The quantitative estimate of drug-likeness (QED) is 0.605. The number of anilines is 1. The first-order chi connectivity index (χ1) is 12.2. The lowest BCUT2D eigenvalue weighted by Crippen LogP contribution is -2.05. The van der Waals surface area contributed by atoms with E-state index in [0.717, 1.165) is 38.0 Å². The van der Waals surface area contributed by atoms with Crippen molar-refractivity contribution in [3.8, 4) is 10.6 Å². The molecule has 0 amide bonds. The van der Waals surface area contributed by atoms with Crippen molar-refractivity contribution in [1.29, 1.82) is 0 Å². The van der Waals surface area contributed by atoms with Crippen LogP contribution in [-0.2, 0) is 6.54 Å². The van der Waals surface area contributed by atoms with Crippen LogP contribution >= 0.6 is 11.3 Å². The van der Waals surface area contributed by atoms with E-state index >= 15 is 0 Å². The molecule has 4 aromatic rings. The summed E-state index contributed by atoms with van der Waals surface area (Å²) in [5.74, 6) is 0.718. The highest BCUT2D eigenvalue weighted by Gasteiger charge is 2.09. The van der Waals surface area contributed by atoms with Gasteiger partial charge in [0.05, 0.1) is 23.3 Å². The summed E-state index contributed by atoms with van der Waals surface area (Å²) in [5, 5.41) is 13.3. The fourth-order valence-electron chi connectivity index (χ4n) is 2.39. The maximum Gasteiger partial charge on any atom is 0.164 e. The van der Waals surface area contributed by atoms with Gasteiger partial charge in [0, 0.05) is 22.8 Å². The first-order valence-corrected chi connectivity index (χ1v) is 8.57. The van der Waals surface area contributed by atoms with Crippen LogP contribution in [0.2, 0.25) is 0 Å². The van der Waals surface area contributed by atoms with Gasteiger partial charge in [0.2, 0.25) is 0 Å². The SMILES string of the molecule is Cc1ccc(CNc2ncnc3ncc(-c4ncc(C)s4)cc23)nn1. The van der Waals surface area contributed by atoms with Crippen LogP contribution in [0.3, 0.4) is 0 Å². The Balaban J connectivity index is 1.67. The van der Waals surface area contributed by atoms with Crippen molar-refractivity contribution in [3.63, 3.8) is 0 Å². The molecule has 0 aliphatic carbocycles. The number of nitrogens with one attached hydrogen (secondary N) is 1. The Labute approximate surface area is 148 Å². The number of hydrogen-bond acceptors (Lipinski definition) is 8. The third kappa shape index (κ3) is 3.29. The zero-order valence-electron chi connectivity index (χ0n) is 13.8. The van der Waals surface area contributed by atoms with E-state index in [2.05, 4.69) is 35.5 Å². The first kappa shape index (κ1) is 15.5. The molecule has 0 fully saturated rings. The largest absolute Gasteiger partial charge is 0.364 e. The Bertz CT molecular complexity index is 1030. The molecule has 0 unspecified atom stereocenters. The smallest absolute Gasteiger partial charge is 0.164 e. The molecule has 0 aromatic carbocycles. The molecule has 0 aliphatic rings. The molecular weight excluding hydrogens is 334 g/mol. The zero-order valence-corrected chi connectivity index (χ0v) is 14.6. The molecular formula is C17H15N7S. The molecule has 0 aliphatic heterocycles. The summed E-state index contributed by atoms with van der Waals surface area (Å²) < 4.78 is 0. The van der Waals surface area contributed by atoms with Crippen LogP contribution in [0.1, 0.15) is 16.3 Å². The number of pyridine rings is 1. The third-order valence-corrected chi connectivity index (χ3v) is 4.61. The van der Waals surface area contributed by atoms with Crippen LogP contribution < -0.4 is 5.32 Å². The van der Waals surface area contributed by atoms with Crippen LogP contribution in [0.25, 0.3) is 21.6 Å². The van der Waals surface area contributed by atoms with Gasteiger partial charge in [-0.2, -0.15) is 10.2 Å². The highest BCUT2D eigenvalue weighted by Crippen LogP contribution is 2.28. The molecule has 0 spiro atoms. The molecule has 25 heavy (non-hydrogen) atoms. The van der Waals surface area contributed by atoms with Crippen molar-refractivity contribution < 1.29 is 0 Å². The average molecular weight is 349 g/mol. The Kier molecular flexibility index (Phi) is 4.02. The predicted molar refractivity (Wildman–Crippen MR) is 97.3 cm³/mol. The van der Waals surface area contributed by atoms with E-state index in [1.54, 1.807) is 17.5 Å². The minimum atomic E-state index is 0.528. The molecule has 4 heterocycles. The van der Waals surface area contributed by atoms with Crippen molar-refractivity contribution in [2.24, 2.45) is 0 Å². The second-order valence-electron chi connectivity index (χ2n) is 5.61. The normalized spacial score (nSPS) is 11.0. The van der Waals surface area contributed by atoms with Gasteiger partial charge in [0.15, 0.2) is 5.65 Å². The summed E-state index contributed by atoms with van der Waals surface area (Å²) in [4.78, 5) is 18.6. The lowest BCUT2D eigenvalue weighted by atomic mass is 10.2. The fourth-order valence-corrected chi connectivity index (χ4v) is 3.13. The van der Waals surface area contributed by atoms with E-state index in [4.69, 9.17) is 0 Å². The Hall–Kier alpha value is -3.00. The molecule has 4 rings (SSSR count). The summed E-state index contributed by atoms with van der Waals surface area (Å²) in [6, 6.07) is 5.90. The first-order valence-electron chi connectivity index (χ1n) is 7.76. The lowest BCUT2D eigenvalue weighted by Gasteiger charge is -2.08. The van der Waals surface area contributed by atoms with Crippen molar-refractivity contribution in [2.75, 3.05) is 5.32 Å². The highest BCUT2D eigenvalue weighted by molar-refractivity contribution is 7.14. The molecule has 124 valence electrons. The van der Waals surface area contributed by atoms with Crippen molar-refractivity contribution in [1.82, 2.24) is 30.1 Å². The molecule has 0 bridgehead atoms. The van der Waals surface area contributed by atoms with Gasteiger partial charge in [-0.1, -0.05) is 0 Å². The molecule has 0 saturated heterocycles. The van der Waals surface area contributed by atoms with Crippen molar-refractivity contribution >= 4 is 28.2 Å². The summed E-state index contributed by atoms with van der Waals surface area (Å²) in [7, 11) is 0. The van der Waals surface area contributed by atoms with Crippen LogP contribution in [0.15, 0.2) is 36.9 Å². The minimum Gasteiger partial charge on any atom is -0.364 e. The van der Waals surface area contributed by atoms with E-state index in [1.807, 2.05) is 38.2 Å². The summed E-state index contributed by atoms with van der Waals surface area (Å²) >= 11 is 1.64. The molecule has 1 N–H and O–H groups in total. The van der Waals surface area contributed by atoms with Crippen LogP contribution in [0, 0.1) is 13.8 Å². The van der Waals surface area contributed by atoms with E-state index < -0.39 is 0 Å². The van der Waals surface area contributed by atoms with E-state index in [-0.39, 0.29) is 0 Å². The lowest BCUT2D eigenvalue weighted by molar-refractivity contribution is 0.895. The number of nitrogens with zero attached hydrogens (tertiary/aromatic N) is 6. The summed E-state index contributed by atoms with van der Waals surface area (Å²) in [6.45, 7) is 4.48. The van der Waals surface area contributed by atoms with Crippen molar-refractivity contribution in [3.05, 3.63) is 53.2 Å². The second-order valence-corrected chi connectivity index (χ2v) is 6.85. The van der Waals surface area contributed by atoms with Crippen LogP contribution in [0.4, 0.5) is 5.82 Å². The number of hydrogen-bond donors (Lipinski definition) is 1. The number of aryl methyl sites for hydroxylation is 2. The van der Waals surface area contributed by atoms with Gasteiger partial charge < -0.3 is 5.32 Å². The summed E-state index contributed by atoms with van der Waals surface area (Å²) in [5.41, 5.74) is 3.34.